The second-order valence-corrected chi connectivity index (χ2v) is 3.23. The number of aliphatic hydroxyl groups is 1. The van der Waals surface area contributed by atoms with Crippen molar-refractivity contribution in [3.8, 4) is 5.75 Å². The summed E-state index contributed by atoms with van der Waals surface area (Å²) < 4.78 is 64.0. The molecule has 0 saturated heterocycles. The third-order valence-electron chi connectivity index (χ3n) is 1.90. The first kappa shape index (κ1) is 13.7. The van der Waals surface area contributed by atoms with Crippen LogP contribution < -0.4 is 4.74 Å². The van der Waals surface area contributed by atoms with E-state index in [0.29, 0.717) is 5.56 Å². The monoisotopic (exact) mass is 256 g/mol. The van der Waals surface area contributed by atoms with Gasteiger partial charge < -0.3 is 9.84 Å². The summed E-state index contributed by atoms with van der Waals surface area (Å²) in [4.78, 5) is 0. The molecule has 96 valence electrons. The molecular weight excluding hydrogens is 247 g/mol. The first-order valence-electron chi connectivity index (χ1n) is 4.59. The summed E-state index contributed by atoms with van der Waals surface area (Å²) in [6, 6.07) is 4.59. The number of hydrogen-bond donors (Lipinski definition) is 1. The molecule has 2 nitrogen and oxygen atoms in total. The number of benzene rings is 1. The van der Waals surface area contributed by atoms with Gasteiger partial charge in [0.2, 0.25) is 0 Å². The van der Waals surface area contributed by atoms with Crippen molar-refractivity contribution in [3.05, 3.63) is 29.8 Å². The molecule has 1 N–H and O–H groups in total. The van der Waals surface area contributed by atoms with Gasteiger partial charge in [-0.3, -0.25) is 0 Å². The molecule has 0 saturated carbocycles. The fraction of sp³-hybridized carbons (Fsp3) is 0.400. The summed E-state index contributed by atoms with van der Waals surface area (Å²) in [7, 11) is 0. The maximum atomic E-state index is 12.5. The van der Waals surface area contributed by atoms with Gasteiger partial charge in [-0.15, -0.1) is 0 Å². The van der Waals surface area contributed by atoms with Gasteiger partial charge in [0.25, 0.3) is 0 Å². The fourth-order valence-electron chi connectivity index (χ4n) is 1.06. The summed E-state index contributed by atoms with van der Waals surface area (Å²) in [6.45, 7) is -0.140. The van der Waals surface area contributed by atoms with Crippen LogP contribution in [0.25, 0.3) is 0 Å². The Morgan fingerprint density at radius 2 is 1.53 bits per heavy atom. The van der Waals surface area contributed by atoms with Crippen LogP contribution in [0.1, 0.15) is 5.56 Å². The largest absolute Gasteiger partial charge is 0.499 e. The van der Waals surface area contributed by atoms with Gasteiger partial charge in [0.05, 0.1) is 0 Å². The van der Waals surface area contributed by atoms with E-state index in [1.807, 2.05) is 0 Å². The predicted octanol–water partition coefficient (Wildman–Crippen LogP) is 2.76. The molecule has 7 heteroatoms. The van der Waals surface area contributed by atoms with Gasteiger partial charge >= 0.3 is 12.3 Å². The van der Waals surface area contributed by atoms with Crippen molar-refractivity contribution < 1.29 is 31.8 Å². The van der Waals surface area contributed by atoms with Crippen LogP contribution in [0, 0.1) is 0 Å². The number of ether oxygens (including phenoxy) is 1. The van der Waals surface area contributed by atoms with Crippen LogP contribution in [0.5, 0.6) is 5.75 Å². The van der Waals surface area contributed by atoms with E-state index >= 15 is 0 Å². The smallest absolute Gasteiger partial charge is 0.426 e. The normalized spacial score (nSPS) is 12.6. The molecule has 0 aliphatic carbocycles. The third-order valence-corrected chi connectivity index (χ3v) is 1.90. The highest BCUT2D eigenvalue weighted by molar-refractivity contribution is 5.27. The molecular formula is C10H9F5O2. The lowest BCUT2D eigenvalue weighted by molar-refractivity contribution is -0.360. The van der Waals surface area contributed by atoms with Crippen molar-refractivity contribution >= 4 is 0 Å². The average Bonchev–Trinajstić information content (AvgIpc) is 2.19. The van der Waals surface area contributed by atoms with Gasteiger partial charge in [-0.05, 0) is 24.1 Å². The van der Waals surface area contributed by atoms with E-state index in [1.54, 1.807) is 0 Å². The number of hydrogen-bond acceptors (Lipinski definition) is 2. The molecule has 0 aliphatic heterocycles. The van der Waals surface area contributed by atoms with Crippen molar-refractivity contribution in [2.45, 2.75) is 18.7 Å². The minimum atomic E-state index is -5.75. The van der Waals surface area contributed by atoms with Gasteiger partial charge in [-0.25, -0.2) is 0 Å². The quantitative estimate of drug-likeness (QED) is 0.839. The van der Waals surface area contributed by atoms with Gasteiger partial charge in [0, 0.05) is 6.61 Å². The minimum absolute atomic E-state index is 0.140. The molecule has 0 amide bonds. The number of halogens is 5. The first-order valence-corrected chi connectivity index (χ1v) is 4.59. The second kappa shape index (κ2) is 4.87. The van der Waals surface area contributed by atoms with Crippen molar-refractivity contribution in [1.29, 1.82) is 0 Å². The average molecular weight is 256 g/mol. The highest BCUT2D eigenvalue weighted by Crippen LogP contribution is 2.37. The molecule has 0 radical (unpaired) electrons. The van der Waals surface area contributed by atoms with Gasteiger partial charge in [0.1, 0.15) is 5.75 Å². The zero-order valence-corrected chi connectivity index (χ0v) is 8.47. The van der Waals surface area contributed by atoms with E-state index in [2.05, 4.69) is 4.74 Å². The molecule has 1 rings (SSSR count). The van der Waals surface area contributed by atoms with Crippen molar-refractivity contribution in [1.82, 2.24) is 0 Å². The Balaban J connectivity index is 2.76. The Kier molecular flexibility index (Phi) is 3.92. The lowest BCUT2D eigenvalue weighted by Crippen LogP contribution is -2.41. The standard InChI is InChI=1S/C10H9F5O2/c11-9(12,13)10(14,15)17-8-3-1-7(2-4-8)5-6-16/h1-4,16H,5-6H2. The molecule has 0 atom stereocenters. The maximum Gasteiger partial charge on any atom is 0.499 e. The van der Waals surface area contributed by atoms with E-state index in [0.717, 1.165) is 12.1 Å². The summed E-state index contributed by atoms with van der Waals surface area (Å²) in [5.41, 5.74) is 0.607. The van der Waals surface area contributed by atoms with E-state index in [9.17, 15) is 22.0 Å². The zero-order chi connectivity index (χ0) is 13.1. The highest BCUT2D eigenvalue weighted by atomic mass is 19.4. The highest BCUT2D eigenvalue weighted by Gasteiger charge is 2.61. The number of rotatable bonds is 4. The molecule has 0 aromatic heterocycles. The number of alkyl halides is 5. The van der Waals surface area contributed by atoms with Crippen LogP contribution in [-0.2, 0) is 6.42 Å². The molecule has 0 aliphatic rings. The molecule has 0 heterocycles. The van der Waals surface area contributed by atoms with Crippen LogP contribution in [0.4, 0.5) is 22.0 Å². The maximum absolute atomic E-state index is 12.5. The first-order chi connectivity index (χ1) is 7.76. The van der Waals surface area contributed by atoms with Crippen LogP contribution >= 0.6 is 0 Å². The van der Waals surface area contributed by atoms with Crippen LogP contribution in [0.3, 0.4) is 0 Å². The second-order valence-electron chi connectivity index (χ2n) is 3.23. The van der Waals surface area contributed by atoms with E-state index in [4.69, 9.17) is 5.11 Å². The molecule has 0 unspecified atom stereocenters. The Morgan fingerprint density at radius 1 is 1.00 bits per heavy atom. The van der Waals surface area contributed by atoms with Crippen LogP contribution in [0.2, 0.25) is 0 Å². The van der Waals surface area contributed by atoms with E-state index in [-0.39, 0.29) is 13.0 Å². The topological polar surface area (TPSA) is 29.5 Å². The molecule has 1 aromatic rings. The third kappa shape index (κ3) is 3.55. The lowest BCUT2D eigenvalue weighted by atomic mass is 10.1. The van der Waals surface area contributed by atoms with Gasteiger partial charge in [-0.1, -0.05) is 12.1 Å². The Bertz CT molecular complexity index is 358. The molecule has 0 bridgehead atoms. The summed E-state index contributed by atoms with van der Waals surface area (Å²) in [5.74, 6) is -0.589. The Hall–Kier alpha value is -1.37. The van der Waals surface area contributed by atoms with Crippen LogP contribution in [0.15, 0.2) is 24.3 Å². The van der Waals surface area contributed by atoms with E-state index in [1.165, 1.54) is 12.1 Å². The van der Waals surface area contributed by atoms with Gasteiger partial charge in [-0.2, -0.15) is 22.0 Å². The summed E-state index contributed by atoms with van der Waals surface area (Å²) in [6.07, 6.45) is -10.7. The Morgan fingerprint density at radius 3 is 1.94 bits per heavy atom. The van der Waals surface area contributed by atoms with Crippen molar-refractivity contribution in [2.24, 2.45) is 0 Å². The summed E-state index contributed by atoms with van der Waals surface area (Å²) >= 11 is 0. The number of aliphatic hydroxyl groups excluding tert-OH is 1. The predicted molar refractivity (Wildman–Crippen MR) is 48.9 cm³/mol. The van der Waals surface area contributed by atoms with Gasteiger partial charge in [0.15, 0.2) is 0 Å². The Labute approximate surface area is 93.6 Å². The molecule has 0 spiro atoms. The zero-order valence-electron chi connectivity index (χ0n) is 8.47. The lowest BCUT2D eigenvalue weighted by Gasteiger charge is -2.20. The molecule has 17 heavy (non-hydrogen) atoms. The van der Waals surface area contributed by atoms with E-state index < -0.39 is 18.0 Å². The molecule has 0 fully saturated rings. The van der Waals surface area contributed by atoms with Crippen molar-refractivity contribution in [3.63, 3.8) is 0 Å². The minimum Gasteiger partial charge on any atom is -0.426 e. The SMILES string of the molecule is OCCc1ccc(OC(F)(F)C(F)(F)F)cc1. The summed E-state index contributed by atoms with van der Waals surface area (Å²) in [5, 5.41) is 8.58. The molecule has 1 aromatic carbocycles. The van der Waals surface area contributed by atoms with Crippen molar-refractivity contribution in [2.75, 3.05) is 6.61 Å². The fourth-order valence-corrected chi connectivity index (χ4v) is 1.06. The van der Waals surface area contributed by atoms with Crippen LogP contribution in [-0.4, -0.2) is 24.0 Å².